The number of hydrogen-bond acceptors (Lipinski definition) is 2. The van der Waals surface area contributed by atoms with E-state index in [9.17, 15) is 0 Å². The zero-order valence-electron chi connectivity index (χ0n) is 21.5. The number of halogens is 2. The van der Waals surface area contributed by atoms with Crippen molar-refractivity contribution in [2.24, 2.45) is 0 Å². The van der Waals surface area contributed by atoms with Crippen LogP contribution in [-0.4, -0.2) is 33.1 Å². The van der Waals surface area contributed by atoms with Gasteiger partial charge in [0.1, 0.15) is 0 Å². The molecule has 0 saturated heterocycles. The quantitative estimate of drug-likeness (QED) is 0.216. The summed E-state index contributed by atoms with van der Waals surface area (Å²) in [6.45, 7) is 19.4. The molecule has 2 aliphatic rings. The van der Waals surface area contributed by atoms with Crippen molar-refractivity contribution >= 4 is 19.8 Å². The summed E-state index contributed by atoms with van der Waals surface area (Å²) in [5, 5.41) is 0. The maximum atomic E-state index is 5.76. The van der Waals surface area contributed by atoms with E-state index in [1.54, 1.807) is 24.2 Å². The van der Waals surface area contributed by atoms with Crippen molar-refractivity contribution in [3.05, 3.63) is 47.6 Å². The van der Waals surface area contributed by atoms with Crippen molar-refractivity contribution in [2.75, 3.05) is 13.2 Å². The number of hydrogen-bond donors (Lipinski definition) is 0. The third-order valence-electron chi connectivity index (χ3n) is 3.78. The van der Waals surface area contributed by atoms with E-state index in [1.807, 2.05) is 0 Å². The first-order valence-corrected chi connectivity index (χ1v) is 19.3. The summed E-state index contributed by atoms with van der Waals surface area (Å²) >= 11 is 1.55. The molecule has 32 heavy (non-hydrogen) atoms. The van der Waals surface area contributed by atoms with Gasteiger partial charge in [-0.3, -0.25) is 12.2 Å². The van der Waals surface area contributed by atoms with E-state index in [-0.39, 0.29) is 24.8 Å². The van der Waals surface area contributed by atoms with Crippen LogP contribution in [0.5, 0.6) is 0 Å². The molecule has 184 valence electrons. The molecule has 0 radical (unpaired) electrons. The molecule has 0 aromatic heterocycles. The molecule has 0 spiro atoms. The standard InChI is InChI=1S/2C11H19OSi.C3H6.2ClH.Zr/c2*1-13(2,3)12-10-6-9-11-7-4-5-8-11;1-3-2;;;/h2*4,7H,5-6,9-10H2,1-3H3;1-2H3;2*1H;/q2*-1;;;;+2/p-2. The second kappa shape index (κ2) is 21.0. The first-order valence-electron chi connectivity index (χ1n) is 11.2. The van der Waals surface area contributed by atoms with Crippen LogP contribution in [0.1, 0.15) is 52.4 Å². The van der Waals surface area contributed by atoms with Gasteiger partial charge in [-0.15, -0.1) is 12.8 Å². The molecule has 0 bridgehead atoms. The van der Waals surface area contributed by atoms with Crippen LogP contribution in [0, 0.1) is 12.2 Å². The van der Waals surface area contributed by atoms with Gasteiger partial charge < -0.3 is 33.7 Å². The maximum absolute atomic E-state index is 5.76. The fourth-order valence-electron chi connectivity index (χ4n) is 2.53. The summed E-state index contributed by atoms with van der Waals surface area (Å²) < 4.78 is 13.0. The summed E-state index contributed by atoms with van der Waals surface area (Å²) in [5.74, 6) is 0. The molecule has 0 saturated carbocycles. The first-order chi connectivity index (χ1) is 13.9. The molecule has 0 unspecified atom stereocenters. The molecular weight excluding hydrogens is 551 g/mol. The van der Waals surface area contributed by atoms with Gasteiger partial charge in [-0.2, -0.15) is 12.2 Å². The Hall–Kier alpha value is 0.647. The van der Waals surface area contributed by atoms with Crippen molar-refractivity contribution < 1.29 is 57.9 Å². The van der Waals surface area contributed by atoms with E-state index in [0.29, 0.717) is 0 Å². The Morgan fingerprint density at radius 2 is 1.09 bits per heavy atom. The van der Waals surface area contributed by atoms with Crippen molar-refractivity contribution in [2.45, 2.75) is 91.7 Å². The zero-order valence-corrected chi connectivity index (χ0v) is 27.5. The average molecular weight is 595 g/mol. The Balaban J connectivity index is -0.000000428. The molecule has 0 N–H and O–H groups in total. The Morgan fingerprint density at radius 3 is 1.31 bits per heavy atom. The zero-order chi connectivity index (χ0) is 23.0. The van der Waals surface area contributed by atoms with Gasteiger partial charge in [-0.05, 0) is 52.1 Å². The number of rotatable bonds is 10. The van der Waals surface area contributed by atoms with Gasteiger partial charge in [-0.25, -0.2) is 23.3 Å². The van der Waals surface area contributed by atoms with Gasteiger partial charge in [-0.1, -0.05) is 12.8 Å². The molecule has 2 rings (SSSR count). The smallest absolute Gasteiger partial charge is 0.183 e. The topological polar surface area (TPSA) is 18.5 Å². The summed E-state index contributed by atoms with van der Waals surface area (Å²) in [6.07, 6.45) is 21.8. The van der Waals surface area contributed by atoms with Gasteiger partial charge in [0.25, 0.3) is 0 Å². The second-order valence-corrected chi connectivity index (χ2v) is 21.2. The summed E-state index contributed by atoms with van der Waals surface area (Å²) in [4.78, 5) is 0. The van der Waals surface area contributed by atoms with Crippen LogP contribution in [0.3, 0.4) is 0 Å². The summed E-state index contributed by atoms with van der Waals surface area (Å²) in [7, 11) is -2.56. The normalized spacial score (nSPS) is 14.2. The van der Waals surface area contributed by atoms with Crippen molar-refractivity contribution in [3.8, 4) is 0 Å². The van der Waals surface area contributed by atoms with Crippen molar-refractivity contribution in [1.82, 2.24) is 0 Å². The molecule has 0 heterocycles. The molecule has 2 nitrogen and oxygen atoms in total. The third kappa shape index (κ3) is 28.7. The first kappa shape index (κ1) is 37.2. The SMILES string of the molecule is C[C](C)=[Zr+2].C[Si](C)(C)OCCCC1=[C-]CC=C1.C[Si](C)(C)OCCCC1=[C-]CC=C1.[Cl-].[Cl-]. The molecule has 2 aliphatic carbocycles. The molecule has 7 heteroatoms. The van der Waals surface area contributed by atoms with Crippen molar-refractivity contribution in [1.29, 1.82) is 0 Å². The minimum absolute atomic E-state index is 0. The largest absolute Gasteiger partial charge is 1.00 e. The van der Waals surface area contributed by atoms with Crippen LogP contribution in [0.15, 0.2) is 35.5 Å². The van der Waals surface area contributed by atoms with Crippen LogP contribution in [0.4, 0.5) is 0 Å². The molecule has 0 aliphatic heterocycles. The van der Waals surface area contributed by atoms with Gasteiger partial charge in [0.15, 0.2) is 16.6 Å². The minimum Gasteiger partial charge on any atom is -1.00 e. The van der Waals surface area contributed by atoms with E-state index in [2.05, 4.69) is 89.6 Å². The van der Waals surface area contributed by atoms with Crippen LogP contribution >= 0.6 is 0 Å². The van der Waals surface area contributed by atoms with Gasteiger partial charge in [0.2, 0.25) is 0 Å². The molecular formula is C25H44Cl2O2Si2Zr-2. The van der Waals surface area contributed by atoms with Crippen LogP contribution in [-0.2, 0) is 33.1 Å². The predicted octanol–water partition coefficient (Wildman–Crippen LogP) is 1.37. The monoisotopic (exact) mass is 592 g/mol. The second-order valence-electron chi connectivity index (χ2n) is 9.75. The molecule has 0 atom stereocenters. The maximum Gasteiger partial charge on any atom is 0.183 e. The predicted molar refractivity (Wildman–Crippen MR) is 134 cm³/mol. The van der Waals surface area contributed by atoms with Gasteiger partial charge in [0.05, 0.1) is 0 Å². The summed E-state index contributed by atoms with van der Waals surface area (Å²) in [6, 6.07) is 0. The Bertz CT molecular complexity index is 564. The van der Waals surface area contributed by atoms with Crippen LogP contribution < -0.4 is 24.8 Å². The van der Waals surface area contributed by atoms with Gasteiger partial charge >= 0.3 is 41.3 Å². The summed E-state index contributed by atoms with van der Waals surface area (Å²) in [5.41, 5.74) is 2.72. The molecule has 0 aromatic rings. The Labute approximate surface area is 228 Å². The molecule has 0 aromatic carbocycles. The number of allylic oxidation sites excluding steroid dienone is 8. The molecule has 0 fully saturated rings. The van der Waals surface area contributed by atoms with Crippen LogP contribution in [0.25, 0.3) is 0 Å². The van der Waals surface area contributed by atoms with E-state index < -0.39 is 16.6 Å². The Kier molecular flexibility index (Phi) is 24.4. The fourth-order valence-corrected chi connectivity index (χ4v) is 4.04. The Morgan fingerprint density at radius 1 is 0.781 bits per heavy atom. The van der Waals surface area contributed by atoms with Crippen LogP contribution in [0.2, 0.25) is 39.3 Å². The van der Waals surface area contributed by atoms with Crippen molar-refractivity contribution in [3.63, 3.8) is 0 Å². The van der Waals surface area contributed by atoms with E-state index in [0.717, 1.165) is 51.7 Å². The molecule has 0 amide bonds. The van der Waals surface area contributed by atoms with E-state index in [4.69, 9.17) is 8.85 Å². The third-order valence-corrected chi connectivity index (χ3v) is 5.92. The van der Waals surface area contributed by atoms with E-state index >= 15 is 0 Å². The van der Waals surface area contributed by atoms with Gasteiger partial charge in [0, 0.05) is 13.2 Å². The average Bonchev–Trinajstić information content (AvgIpc) is 3.28. The fraction of sp³-hybridized carbons (Fsp3) is 0.640. The minimum atomic E-state index is -1.28. The van der Waals surface area contributed by atoms with E-state index in [1.165, 1.54) is 14.4 Å².